The predicted molar refractivity (Wildman–Crippen MR) is 164 cm³/mol. The zero-order chi connectivity index (χ0) is 31.4. The van der Waals surface area contributed by atoms with Gasteiger partial charge in [-0.1, -0.05) is 50.1 Å². The molecule has 4 rings (SSSR count). The first-order valence-corrected chi connectivity index (χ1v) is 14.5. The second-order valence-electron chi connectivity index (χ2n) is 11.0. The van der Waals surface area contributed by atoms with Crippen LogP contribution in [0.5, 0.6) is 5.75 Å². The van der Waals surface area contributed by atoms with E-state index >= 15 is 0 Å². The van der Waals surface area contributed by atoms with E-state index in [-0.39, 0.29) is 30.5 Å². The van der Waals surface area contributed by atoms with Gasteiger partial charge in [0.25, 0.3) is 0 Å². The molecule has 42 heavy (non-hydrogen) atoms. The number of nitrogens with one attached hydrogen (secondary N) is 1. The van der Waals surface area contributed by atoms with E-state index in [0.29, 0.717) is 11.7 Å². The molecule has 0 radical (unpaired) electrons. The minimum Gasteiger partial charge on any atom is -0.497 e. The molecule has 2 aliphatic rings. The first-order valence-electron chi connectivity index (χ1n) is 14.5. The van der Waals surface area contributed by atoms with Crippen molar-refractivity contribution in [2.45, 2.75) is 66.7 Å². The van der Waals surface area contributed by atoms with Gasteiger partial charge < -0.3 is 14.4 Å². The summed E-state index contributed by atoms with van der Waals surface area (Å²) in [4.78, 5) is 2.16. The second kappa shape index (κ2) is 13.6. The number of methoxy groups -OCH3 is 1. The van der Waals surface area contributed by atoms with Gasteiger partial charge in [0.05, 0.1) is 7.11 Å². The summed E-state index contributed by atoms with van der Waals surface area (Å²) >= 11 is 0. The van der Waals surface area contributed by atoms with Crippen molar-refractivity contribution in [1.82, 2.24) is 0 Å². The predicted octanol–water partition coefficient (Wildman–Crippen LogP) is 8.19. The van der Waals surface area contributed by atoms with Crippen molar-refractivity contribution in [2.24, 2.45) is 17.6 Å². The number of halogens is 3. The third kappa shape index (κ3) is 6.14. The van der Waals surface area contributed by atoms with Crippen LogP contribution in [0.2, 0.25) is 0 Å². The molecule has 1 aliphatic carbocycles. The van der Waals surface area contributed by atoms with Gasteiger partial charge in [0, 0.05) is 34.8 Å². The fourth-order valence-electron chi connectivity index (χ4n) is 6.39. The van der Waals surface area contributed by atoms with Crippen molar-refractivity contribution < 1.29 is 22.6 Å². The third-order valence-corrected chi connectivity index (χ3v) is 8.67. The van der Waals surface area contributed by atoms with Gasteiger partial charge in [0.15, 0.2) is 17.5 Å². The van der Waals surface area contributed by atoms with E-state index in [1.807, 2.05) is 45.0 Å². The maximum Gasteiger partial charge on any atom is 0.210 e. The largest absolute Gasteiger partial charge is 0.497 e. The first-order chi connectivity index (χ1) is 19.9. The van der Waals surface area contributed by atoms with Gasteiger partial charge in [-0.15, -0.1) is 0 Å². The minimum atomic E-state index is -1.43. The lowest BCUT2D eigenvalue weighted by Crippen LogP contribution is -2.31. The number of allylic oxidation sites excluding steroid dienone is 5. The SMILES string of the molecule is C/C=C1\N(CC)c2ccc(OC)cc2C1(C)Cc1ccc(F)c(F)c1F.CCC1=C(C)C(C)C(C(=N)OCN)=CC1C. The Bertz CT molecular complexity index is 1410. The molecule has 1 aliphatic heterocycles. The van der Waals surface area contributed by atoms with E-state index in [1.54, 1.807) is 7.11 Å². The molecule has 0 spiro atoms. The van der Waals surface area contributed by atoms with E-state index in [4.69, 9.17) is 20.6 Å². The Morgan fingerprint density at radius 2 is 1.81 bits per heavy atom. The molecule has 0 aromatic heterocycles. The van der Waals surface area contributed by atoms with Crippen molar-refractivity contribution in [3.63, 3.8) is 0 Å². The monoisotopic (exact) mass is 583 g/mol. The lowest BCUT2D eigenvalue weighted by Gasteiger charge is -2.30. The fourth-order valence-corrected chi connectivity index (χ4v) is 6.39. The highest BCUT2D eigenvalue weighted by Crippen LogP contribution is 2.51. The average Bonchev–Trinajstić information content (AvgIpc) is 3.22. The van der Waals surface area contributed by atoms with Crippen molar-refractivity contribution in [1.29, 1.82) is 5.41 Å². The zero-order valence-corrected chi connectivity index (χ0v) is 26.0. The van der Waals surface area contributed by atoms with Crippen LogP contribution in [0.4, 0.5) is 18.9 Å². The smallest absolute Gasteiger partial charge is 0.210 e. The van der Waals surface area contributed by atoms with Gasteiger partial charge >= 0.3 is 0 Å². The third-order valence-electron chi connectivity index (χ3n) is 8.67. The summed E-state index contributed by atoms with van der Waals surface area (Å²) < 4.78 is 51.8. The summed E-state index contributed by atoms with van der Waals surface area (Å²) in [5.41, 5.74) is 11.7. The molecule has 5 nitrogen and oxygen atoms in total. The summed E-state index contributed by atoms with van der Waals surface area (Å²) in [6.45, 7) is 15.4. The Morgan fingerprint density at radius 1 is 1.12 bits per heavy atom. The molecule has 0 fully saturated rings. The molecule has 0 saturated carbocycles. The molecule has 0 saturated heterocycles. The molecule has 2 aromatic carbocycles. The van der Waals surface area contributed by atoms with Gasteiger partial charge in [-0.05, 0) is 81.8 Å². The van der Waals surface area contributed by atoms with E-state index in [2.05, 4.69) is 38.7 Å². The standard InChI is InChI=1S/C21H22F3NO.C13H22N2O/c1-5-18-21(3,12-13-7-9-16(22)20(24)19(13)23)15-11-14(26-4)8-10-17(15)25(18)6-2;1-5-11-8(2)6-12(10(4)9(11)3)13(15)16-7-14/h5,7-11H,6,12H2,1-4H3;6,8,10,15H,5,7,14H2,1-4H3/b18-5-;. The van der Waals surface area contributed by atoms with Crippen LogP contribution in [0.3, 0.4) is 0 Å². The number of hydrogen-bond acceptors (Lipinski definition) is 5. The Morgan fingerprint density at radius 3 is 2.38 bits per heavy atom. The molecular formula is C34H44F3N3O2. The minimum absolute atomic E-state index is 0.0701. The van der Waals surface area contributed by atoms with Crippen LogP contribution >= 0.6 is 0 Å². The molecule has 3 N–H and O–H groups in total. The van der Waals surface area contributed by atoms with E-state index in [1.165, 1.54) is 17.2 Å². The van der Waals surface area contributed by atoms with Crippen LogP contribution in [0.1, 0.15) is 66.0 Å². The van der Waals surface area contributed by atoms with Crippen LogP contribution < -0.4 is 15.4 Å². The van der Waals surface area contributed by atoms with E-state index in [9.17, 15) is 13.2 Å². The highest BCUT2D eigenvalue weighted by atomic mass is 19.2. The molecule has 3 unspecified atom stereocenters. The summed E-state index contributed by atoms with van der Waals surface area (Å²) in [5, 5.41) is 7.82. The van der Waals surface area contributed by atoms with Crippen LogP contribution in [0.25, 0.3) is 0 Å². The van der Waals surface area contributed by atoms with Gasteiger partial charge in [0.2, 0.25) is 5.90 Å². The number of nitrogens with two attached hydrogens (primary N) is 1. The second-order valence-corrected chi connectivity index (χ2v) is 11.0. The number of nitrogens with zero attached hydrogens (tertiary/aromatic N) is 1. The molecule has 8 heteroatoms. The lowest BCUT2D eigenvalue weighted by molar-refractivity contribution is 0.311. The fraction of sp³-hybridized carbons (Fsp3) is 0.441. The Labute approximate surface area is 248 Å². The van der Waals surface area contributed by atoms with Crippen molar-refractivity contribution >= 4 is 11.6 Å². The highest BCUT2D eigenvalue weighted by molar-refractivity contribution is 5.92. The molecule has 0 bridgehead atoms. The van der Waals surface area contributed by atoms with Crippen LogP contribution in [0.15, 0.2) is 64.9 Å². The Hall–Kier alpha value is -3.52. The first kappa shape index (κ1) is 33.0. The number of hydrogen-bond donors (Lipinski definition) is 2. The molecular weight excluding hydrogens is 539 g/mol. The van der Waals surface area contributed by atoms with Crippen molar-refractivity contribution in [2.75, 3.05) is 25.3 Å². The maximum absolute atomic E-state index is 14.3. The van der Waals surface area contributed by atoms with Gasteiger partial charge in [-0.25, -0.2) is 13.2 Å². The van der Waals surface area contributed by atoms with Gasteiger partial charge in [-0.2, -0.15) is 0 Å². The number of rotatable bonds is 7. The van der Waals surface area contributed by atoms with E-state index < -0.39 is 22.9 Å². The molecule has 3 atom stereocenters. The number of benzene rings is 2. The molecule has 1 heterocycles. The molecule has 2 aromatic rings. The number of anilines is 1. The lowest BCUT2D eigenvalue weighted by atomic mass is 9.76. The molecule has 0 amide bonds. The van der Waals surface area contributed by atoms with Gasteiger partial charge in [0.1, 0.15) is 12.5 Å². The topological polar surface area (TPSA) is 71.6 Å². The van der Waals surface area contributed by atoms with Crippen molar-refractivity contribution in [3.8, 4) is 5.75 Å². The quantitative estimate of drug-likeness (QED) is 0.113. The number of ether oxygens (including phenoxy) is 2. The summed E-state index contributed by atoms with van der Waals surface area (Å²) in [7, 11) is 1.59. The normalized spacial score (nSPS) is 22.4. The van der Waals surface area contributed by atoms with Gasteiger partial charge in [-0.3, -0.25) is 11.1 Å². The maximum atomic E-state index is 14.3. The summed E-state index contributed by atoms with van der Waals surface area (Å²) in [5.74, 6) is -2.13. The molecule has 228 valence electrons. The Kier molecular flexibility index (Phi) is 10.7. The Balaban J connectivity index is 0.000000260. The van der Waals surface area contributed by atoms with Crippen LogP contribution in [-0.4, -0.2) is 26.3 Å². The van der Waals surface area contributed by atoms with E-state index in [0.717, 1.165) is 41.6 Å². The van der Waals surface area contributed by atoms with Crippen molar-refractivity contribution in [3.05, 3.63) is 93.5 Å². The van der Waals surface area contributed by atoms with Crippen LogP contribution in [0, 0.1) is 34.7 Å². The number of fused-ring (bicyclic) bond motifs is 1. The number of likely N-dealkylation sites (N-methyl/N-ethyl adjacent to an activating group) is 1. The highest BCUT2D eigenvalue weighted by Gasteiger charge is 2.43. The van der Waals surface area contributed by atoms with Crippen LogP contribution in [-0.2, 0) is 16.6 Å². The summed E-state index contributed by atoms with van der Waals surface area (Å²) in [6, 6.07) is 8.10. The zero-order valence-electron chi connectivity index (χ0n) is 26.0. The average molecular weight is 584 g/mol. The summed E-state index contributed by atoms with van der Waals surface area (Å²) in [6.07, 6.45) is 5.42.